The van der Waals surface area contributed by atoms with E-state index >= 15 is 0 Å². The molecule has 3 N–H and O–H groups in total. The molecule has 0 bridgehead atoms. The number of nitrogens with zero attached hydrogens (tertiary/aromatic N) is 3. The van der Waals surface area contributed by atoms with Crippen LogP contribution in [-0.2, 0) is 16.0 Å². The van der Waals surface area contributed by atoms with Crippen molar-refractivity contribution in [2.24, 2.45) is 0 Å². The lowest BCUT2D eigenvalue weighted by atomic mass is 10.0. The lowest BCUT2D eigenvalue weighted by Gasteiger charge is -2.37. The van der Waals surface area contributed by atoms with E-state index in [9.17, 15) is 9.59 Å². The molecule has 0 spiro atoms. The van der Waals surface area contributed by atoms with E-state index in [0.717, 1.165) is 28.1 Å². The smallest absolute Gasteiger partial charge is 0.408 e. The summed E-state index contributed by atoms with van der Waals surface area (Å²) in [7, 11) is 1.75. The molecular formula is C26H26N6O4. The lowest BCUT2D eigenvalue weighted by Crippen LogP contribution is -2.50. The molecule has 6 rings (SSSR count). The molecule has 184 valence electrons. The van der Waals surface area contributed by atoms with Gasteiger partial charge in [0.05, 0.1) is 11.7 Å². The zero-order chi connectivity index (χ0) is 25.2. The SMILES string of the molecule is Cc1cnc(Nc2ccc3c(c2)[C@H]2NC(=O)OC2C3)nc1Nc1ccc2c(c1)N(C)C(=O)C(C)(C)O2. The first-order chi connectivity index (χ1) is 17.2. The average molecular weight is 487 g/mol. The molecule has 1 aromatic heterocycles. The number of alkyl carbamates (subject to hydrolysis) is 1. The minimum absolute atomic E-state index is 0.110. The van der Waals surface area contributed by atoms with Crippen LogP contribution in [0.1, 0.15) is 36.6 Å². The fraction of sp³-hybridized carbons (Fsp3) is 0.308. The Bertz CT molecular complexity index is 1420. The number of fused-ring (bicyclic) bond motifs is 4. The van der Waals surface area contributed by atoms with Crippen molar-refractivity contribution in [3.8, 4) is 5.75 Å². The molecule has 3 aromatic rings. The molecule has 3 heterocycles. The molecule has 10 nitrogen and oxygen atoms in total. The third-order valence-electron chi connectivity index (χ3n) is 6.80. The largest absolute Gasteiger partial charge is 0.476 e. The van der Waals surface area contributed by atoms with Crippen LogP contribution in [0.2, 0.25) is 0 Å². The number of anilines is 5. The molecular weight excluding hydrogens is 460 g/mol. The van der Waals surface area contributed by atoms with Crippen LogP contribution >= 0.6 is 0 Å². The van der Waals surface area contributed by atoms with Gasteiger partial charge in [-0.2, -0.15) is 4.98 Å². The van der Waals surface area contributed by atoms with Crippen LogP contribution in [-0.4, -0.2) is 40.7 Å². The highest BCUT2D eigenvalue weighted by molar-refractivity contribution is 6.02. The molecule has 2 aromatic carbocycles. The predicted molar refractivity (Wildman–Crippen MR) is 134 cm³/mol. The average Bonchev–Trinajstić information content (AvgIpc) is 3.36. The summed E-state index contributed by atoms with van der Waals surface area (Å²) in [6, 6.07) is 11.5. The van der Waals surface area contributed by atoms with Crippen LogP contribution in [0.25, 0.3) is 0 Å². The number of benzene rings is 2. The highest BCUT2D eigenvalue weighted by Gasteiger charge is 2.42. The van der Waals surface area contributed by atoms with Crippen LogP contribution in [0.15, 0.2) is 42.6 Å². The summed E-state index contributed by atoms with van der Waals surface area (Å²) in [6.45, 7) is 5.44. The Kier molecular flexibility index (Phi) is 4.82. The second kappa shape index (κ2) is 7.84. The molecule has 10 heteroatoms. The van der Waals surface area contributed by atoms with Gasteiger partial charge in [-0.25, -0.2) is 9.78 Å². The summed E-state index contributed by atoms with van der Waals surface area (Å²) < 4.78 is 11.2. The fourth-order valence-electron chi connectivity index (χ4n) is 4.93. The second-order valence-corrected chi connectivity index (χ2v) is 9.82. The van der Waals surface area contributed by atoms with Crippen molar-refractivity contribution in [1.82, 2.24) is 15.3 Å². The van der Waals surface area contributed by atoms with E-state index in [0.29, 0.717) is 29.6 Å². The Morgan fingerprint density at radius 1 is 1.11 bits per heavy atom. The van der Waals surface area contributed by atoms with Gasteiger partial charge in [-0.3, -0.25) is 4.79 Å². The molecule has 2 atom stereocenters. The number of ether oxygens (including phenoxy) is 2. The standard InChI is InChI=1S/C26H26N6O4/c1-13-12-27-24(29-15-6-5-14-9-20-21(17(14)10-15)30-25(34)35-20)31-22(13)28-16-7-8-19-18(11-16)32(4)23(33)26(2,3)36-19/h5-8,10-12,20-21H,9H2,1-4H3,(H,30,34)(H2,27,28,29,31)/t20?,21-/m1/s1. The second-order valence-electron chi connectivity index (χ2n) is 9.82. The molecule has 1 aliphatic carbocycles. The summed E-state index contributed by atoms with van der Waals surface area (Å²) in [4.78, 5) is 34.9. The number of likely N-dealkylation sites (N-methyl/N-ethyl adjacent to an activating group) is 1. The van der Waals surface area contributed by atoms with E-state index in [2.05, 4.69) is 25.9 Å². The first-order valence-electron chi connectivity index (χ1n) is 11.8. The molecule has 0 saturated carbocycles. The monoisotopic (exact) mass is 486 g/mol. The van der Waals surface area contributed by atoms with E-state index < -0.39 is 5.60 Å². The zero-order valence-electron chi connectivity index (χ0n) is 20.4. The maximum Gasteiger partial charge on any atom is 0.408 e. The van der Waals surface area contributed by atoms with Gasteiger partial charge in [-0.15, -0.1) is 0 Å². The maximum absolute atomic E-state index is 12.6. The van der Waals surface area contributed by atoms with Gasteiger partial charge in [-0.05, 0) is 62.2 Å². The number of carbonyl (C=O) groups is 2. The molecule has 2 amide bonds. The van der Waals surface area contributed by atoms with Crippen LogP contribution < -0.4 is 25.6 Å². The van der Waals surface area contributed by atoms with Gasteiger partial charge < -0.3 is 30.3 Å². The van der Waals surface area contributed by atoms with Gasteiger partial charge in [0.15, 0.2) is 5.60 Å². The van der Waals surface area contributed by atoms with Crippen molar-refractivity contribution >= 4 is 40.8 Å². The Morgan fingerprint density at radius 3 is 2.72 bits per heavy atom. The van der Waals surface area contributed by atoms with Gasteiger partial charge in [0, 0.05) is 36.6 Å². The van der Waals surface area contributed by atoms with Crippen molar-refractivity contribution in [2.75, 3.05) is 22.6 Å². The van der Waals surface area contributed by atoms with E-state index in [1.165, 1.54) is 0 Å². The number of hydrogen-bond acceptors (Lipinski definition) is 8. The van der Waals surface area contributed by atoms with Gasteiger partial charge in [0.25, 0.3) is 5.91 Å². The summed E-state index contributed by atoms with van der Waals surface area (Å²) in [5.74, 6) is 1.61. The minimum atomic E-state index is -0.907. The number of hydrogen-bond donors (Lipinski definition) is 3. The minimum Gasteiger partial charge on any atom is -0.476 e. The van der Waals surface area contributed by atoms with Crippen molar-refractivity contribution < 1.29 is 19.1 Å². The predicted octanol–water partition coefficient (Wildman–Crippen LogP) is 4.11. The van der Waals surface area contributed by atoms with Gasteiger partial charge in [0.2, 0.25) is 5.95 Å². The first kappa shape index (κ1) is 22.1. The first-order valence-corrected chi connectivity index (χ1v) is 11.8. The molecule has 3 aliphatic rings. The molecule has 1 saturated heterocycles. The third kappa shape index (κ3) is 3.65. The van der Waals surface area contributed by atoms with Gasteiger partial charge in [-0.1, -0.05) is 6.07 Å². The number of nitrogens with one attached hydrogen (secondary N) is 3. The highest BCUT2D eigenvalue weighted by Crippen LogP contribution is 2.40. The van der Waals surface area contributed by atoms with Crippen molar-refractivity contribution in [2.45, 2.75) is 44.9 Å². The Balaban J connectivity index is 1.23. The van der Waals surface area contributed by atoms with E-state index in [-0.39, 0.29) is 24.1 Å². The van der Waals surface area contributed by atoms with Crippen molar-refractivity contribution in [3.63, 3.8) is 0 Å². The molecule has 36 heavy (non-hydrogen) atoms. The lowest BCUT2D eigenvalue weighted by molar-refractivity contribution is -0.132. The summed E-state index contributed by atoms with van der Waals surface area (Å²) in [6.07, 6.45) is 1.92. The Morgan fingerprint density at radius 2 is 1.89 bits per heavy atom. The van der Waals surface area contributed by atoms with Gasteiger partial charge in [0.1, 0.15) is 17.7 Å². The van der Waals surface area contributed by atoms with Gasteiger partial charge >= 0.3 is 6.09 Å². The van der Waals surface area contributed by atoms with Crippen LogP contribution in [0.4, 0.5) is 33.6 Å². The van der Waals surface area contributed by atoms with Crippen LogP contribution in [0.3, 0.4) is 0 Å². The number of aryl methyl sites for hydroxylation is 1. The molecule has 1 unspecified atom stereocenters. The summed E-state index contributed by atoms with van der Waals surface area (Å²) >= 11 is 0. The maximum atomic E-state index is 12.6. The van der Waals surface area contributed by atoms with Crippen molar-refractivity contribution in [3.05, 3.63) is 59.3 Å². The quantitative estimate of drug-likeness (QED) is 0.504. The van der Waals surface area contributed by atoms with E-state index in [1.807, 2.05) is 43.3 Å². The molecule has 1 fully saturated rings. The molecule has 0 radical (unpaired) electrons. The number of aromatic nitrogens is 2. The zero-order valence-corrected chi connectivity index (χ0v) is 20.4. The topological polar surface area (TPSA) is 118 Å². The fourth-order valence-corrected chi connectivity index (χ4v) is 4.93. The summed E-state index contributed by atoms with van der Waals surface area (Å²) in [5, 5.41) is 9.47. The normalized spacial score (nSPS) is 21.1. The van der Waals surface area contributed by atoms with Crippen molar-refractivity contribution in [1.29, 1.82) is 0 Å². The van der Waals surface area contributed by atoms with Crippen LogP contribution in [0.5, 0.6) is 5.75 Å². The van der Waals surface area contributed by atoms with E-state index in [4.69, 9.17) is 9.47 Å². The number of carbonyl (C=O) groups excluding carboxylic acids is 2. The summed E-state index contributed by atoms with van der Waals surface area (Å²) in [5.41, 5.74) is 4.43. The van der Waals surface area contributed by atoms with Crippen LogP contribution in [0, 0.1) is 6.92 Å². The molecule has 2 aliphatic heterocycles. The highest BCUT2D eigenvalue weighted by atomic mass is 16.6. The Labute approximate surface area is 208 Å². The van der Waals surface area contributed by atoms with E-state index in [1.54, 1.807) is 32.0 Å². The number of rotatable bonds is 4. The number of amides is 2. The Hall–Kier alpha value is -4.34. The third-order valence-corrected chi connectivity index (χ3v) is 6.80.